The fourth-order valence-electron chi connectivity index (χ4n) is 6.71. The van der Waals surface area contributed by atoms with Crippen molar-refractivity contribution in [3.63, 3.8) is 0 Å². The summed E-state index contributed by atoms with van der Waals surface area (Å²) < 4.78 is 11.3. The molecule has 0 saturated carbocycles. The van der Waals surface area contributed by atoms with Gasteiger partial charge in [0.15, 0.2) is 11.6 Å². The Morgan fingerprint density at radius 1 is 0.585 bits per heavy atom. The molecule has 0 radical (unpaired) electrons. The van der Waals surface area contributed by atoms with Crippen LogP contribution in [0.2, 0.25) is 0 Å². The first-order chi connectivity index (χ1) is 20.1. The van der Waals surface area contributed by atoms with E-state index in [4.69, 9.17) is 9.47 Å². The first kappa shape index (κ1) is 31.2. The van der Waals surface area contributed by atoms with Crippen molar-refractivity contribution >= 4 is 11.6 Å². The largest absolute Gasteiger partial charge is 0.494 e. The smallest absolute Gasteiger partial charge is 0.171 e. The van der Waals surface area contributed by atoms with Gasteiger partial charge in [-0.3, -0.25) is 9.59 Å². The lowest BCUT2D eigenvalue weighted by molar-refractivity contribution is -0.904. The van der Waals surface area contributed by atoms with Crippen molar-refractivity contribution in [2.24, 2.45) is 11.8 Å². The number of ketones is 2. The highest BCUT2D eigenvalue weighted by Gasteiger charge is 2.34. The monoisotopic (exact) mass is 564 g/mol. The van der Waals surface area contributed by atoms with E-state index < -0.39 is 0 Å². The number of hydrogen-bond acceptors (Lipinski definition) is 4. The Hall–Kier alpha value is -2.70. The molecular weight excluding hydrogens is 512 g/mol. The SMILES string of the molecule is CCOc1ccc(C(=O)C(CC(C[NH+]2CCCCCC2)C(=O)c2ccc(OCC)cc2)C[NH+]2CCCCCC2)cc1. The molecule has 2 N–H and O–H groups in total. The normalized spacial score (nSPS) is 18.6. The molecule has 0 spiro atoms. The van der Waals surface area contributed by atoms with Gasteiger partial charge in [-0.25, -0.2) is 0 Å². The van der Waals surface area contributed by atoms with Gasteiger partial charge in [-0.15, -0.1) is 0 Å². The van der Waals surface area contributed by atoms with Crippen LogP contribution >= 0.6 is 0 Å². The molecule has 2 heterocycles. The van der Waals surface area contributed by atoms with Crippen LogP contribution in [0.15, 0.2) is 48.5 Å². The van der Waals surface area contributed by atoms with Gasteiger partial charge in [0, 0.05) is 11.1 Å². The number of carbonyl (C=O) groups excluding carboxylic acids is 2. The molecule has 4 rings (SSSR count). The maximum absolute atomic E-state index is 14.1. The topological polar surface area (TPSA) is 61.5 Å². The van der Waals surface area contributed by atoms with Gasteiger partial charge in [-0.05, 0) is 120 Å². The molecule has 2 saturated heterocycles. The van der Waals surface area contributed by atoms with Crippen molar-refractivity contribution in [1.82, 2.24) is 0 Å². The quantitative estimate of drug-likeness (QED) is 0.340. The first-order valence-electron chi connectivity index (χ1n) is 16.3. The Morgan fingerprint density at radius 3 is 1.24 bits per heavy atom. The second-order valence-corrected chi connectivity index (χ2v) is 12.0. The molecule has 0 bridgehead atoms. The molecule has 6 nitrogen and oxygen atoms in total. The van der Waals surface area contributed by atoms with E-state index in [1.807, 2.05) is 62.4 Å². The van der Waals surface area contributed by atoms with E-state index >= 15 is 0 Å². The van der Waals surface area contributed by atoms with Crippen LogP contribution in [0.4, 0.5) is 0 Å². The number of hydrogen-bond donors (Lipinski definition) is 2. The van der Waals surface area contributed by atoms with Crippen LogP contribution in [0.3, 0.4) is 0 Å². The van der Waals surface area contributed by atoms with Gasteiger partial charge in [0.1, 0.15) is 11.5 Å². The number of ether oxygens (including phenoxy) is 2. The summed E-state index contributed by atoms with van der Waals surface area (Å²) in [6.07, 6.45) is 10.6. The van der Waals surface area contributed by atoms with E-state index in [1.165, 1.54) is 61.2 Å². The van der Waals surface area contributed by atoms with E-state index in [0.717, 1.165) is 61.9 Å². The zero-order valence-electron chi connectivity index (χ0n) is 25.4. The van der Waals surface area contributed by atoms with Gasteiger partial charge in [0.2, 0.25) is 0 Å². The van der Waals surface area contributed by atoms with E-state index in [9.17, 15) is 9.59 Å². The number of nitrogens with one attached hydrogen (secondary N) is 2. The van der Waals surface area contributed by atoms with Gasteiger partial charge >= 0.3 is 0 Å². The van der Waals surface area contributed by atoms with E-state index in [2.05, 4.69) is 0 Å². The molecule has 2 aliphatic rings. The van der Waals surface area contributed by atoms with Crippen molar-refractivity contribution < 1.29 is 28.9 Å². The molecule has 2 aliphatic heterocycles. The highest BCUT2D eigenvalue weighted by molar-refractivity contribution is 6.00. The summed E-state index contributed by atoms with van der Waals surface area (Å²) in [5, 5.41) is 0. The minimum Gasteiger partial charge on any atom is -0.494 e. The predicted molar refractivity (Wildman–Crippen MR) is 164 cm³/mol. The highest BCUT2D eigenvalue weighted by atomic mass is 16.5. The molecule has 41 heavy (non-hydrogen) atoms. The Kier molecular flexibility index (Phi) is 12.7. The minimum absolute atomic E-state index is 0.167. The average molecular weight is 565 g/mol. The summed E-state index contributed by atoms with van der Waals surface area (Å²) in [6, 6.07) is 15.2. The van der Waals surface area contributed by atoms with Crippen LogP contribution in [-0.4, -0.2) is 64.0 Å². The molecule has 2 aromatic rings. The van der Waals surface area contributed by atoms with Crippen molar-refractivity contribution in [2.75, 3.05) is 52.5 Å². The molecule has 0 aromatic heterocycles. The van der Waals surface area contributed by atoms with Gasteiger partial charge in [-0.1, -0.05) is 0 Å². The van der Waals surface area contributed by atoms with E-state index in [-0.39, 0.29) is 23.4 Å². The number of likely N-dealkylation sites (tertiary alicyclic amines) is 2. The number of Topliss-reactive ketones (excluding diaryl/α,β-unsaturated/α-hetero) is 2. The number of quaternary nitrogens is 2. The molecular formula is C35H52N2O4+2. The van der Waals surface area contributed by atoms with Crippen LogP contribution in [0.1, 0.15) is 92.4 Å². The lowest BCUT2D eigenvalue weighted by Crippen LogP contribution is -3.13. The second-order valence-electron chi connectivity index (χ2n) is 12.0. The fraction of sp³-hybridized carbons (Fsp3) is 0.600. The summed E-state index contributed by atoms with van der Waals surface area (Å²) in [5.41, 5.74) is 1.45. The Balaban J connectivity index is 1.60. The van der Waals surface area contributed by atoms with Crippen LogP contribution in [0.25, 0.3) is 0 Å². The number of rotatable bonds is 14. The van der Waals surface area contributed by atoms with Crippen LogP contribution in [-0.2, 0) is 0 Å². The molecule has 2 fully saturated rings. The van der Waals surface area contributed by atoms with Gasteiger partial charge in [0.25, 0.3) is 0 Å². The Labute approximate surface area is 247 Å². The third-order valence-corrected chi connectivity index (χ3v) is 8.90. The van der Waals surface area contributed by atoms with Crippen LogP contribution in [0, 0.1) is 11.8 Å². The molecule has 2 aromatic carbocycles. The molecule has 0 amide bonds. The summed E-state index contributed by atoms with van der Waals surface area (Å²) >= 11 is 0. The second kappa shape index (κ2) is 16.7. The lowest BCUT2D eigenvalue weighted by Gasteiger charge is -2.28. The maximum Gasteiger partial charge on any atom is 0.171 e. The van der Waals surface area contributed by atoms with Crippen molar-refractivity contribution in [1.29, 1.82) is 0 Å². The fourth-order valence-corrected chi connectivity index (χ4v) is 6.71. The third kappa shape index (κ3) is 9.68. The van der Waals surface area contributed by atoms with Gasteiger partial charge in [0.05, 0.1) is 64.3 Å². The van der Waals surface area contributed by atoms with Crippen molar-refractivity contribution in [3.8, 4) is 11.5 Å². The molecule has 2 atom stereocenters. The lowest BCUT2D eigenvalue weighted by atomic mass is 9.83. The van der Waals surface area contributed by atoms with Gasteiger partial charge < -0.3 is 19.3 Å². The van der Waals surface area contributed by atoms with Crippen LogP contribution < -0.4 is 19.3 Å². The van der Waals surface area contributed by atoms with Crippen molar-refractivity contribution in [3.05, 3.63) is 59.7 Å². The maximum atomic E-state index is 14.1. The molecule has 6 heteroatoms. The van der Waals surface area contributed by atoms with Crippen LogP contribution in [0.5, 0.6) is 11.5 Å². The van der Waals surface area contributed by atoms with E-state index in [0.29, 0.717) is 19.6 Å². The number of benzene rings is 2. The summed E-state index contributed by atoms with van der Waals surface area (Å²) in [5.74, 6) is 1.52. The number of carbonyl (C=O) groups is 2. The van der Waals surface area contributed by atoms with Crippen molar-refractivity contribution in [2.45, 2.75) is 71.6 Å². The highest BCUT2D eigenvalue weighted by Crippen LogP contribution is 2.23. The molecule has 0 aliphatic carbocycles. The summed E-state index contributed by atoms with van der Waals surface area (Å²) in [6.45, 7) is 11.2. The molecule has 2 unspecified atom stereocenters. The summed E-state index contributed by atoms with van der Waals surface area (Å²) in [4.78, 5) is 31.3. The average Bonchev–Trinajstić information content (AvgIpc) is 3.42. The van der Waals surface area contributed by atoms with E-state index in [1.54, 1.807) is 0 Å². The Bertz CT molecular complexity index is 967. The summed E-state index contributed by atoms with van der Waals surface area (Å²) in [7, 11) is 0. The standard InChI is InChI=1S/C35H50N2O4/c1-3-40-32-17-13-28(14-18-32)34(38)30(26-36-21-9-5-6-10-22-36)25-31(27-37-23-11-7-8-12-24-37)35(39)29-15-19-33(20-16-29)41-4-2/h13-20,30-31H,3-12,21-27H2,1-2H3/p+2. The zero-order valence-corrected chi connectivity index (χ0v) is 25.4. The zero-order chi connectivity index (χ0) is 28.9. The molecule has 224 valence electrons. The first-order valence-corrected chi connectivity index (χ1v) is 16.3. The minimum atomic E-state index is -0.191. The third-order valence-electron chi connectivity index (χ3n) is 8.90. The Morgan fingerprint density at radius 2 is 0.927 bits per heavy atom. The van der Waals surface area contributed by atoms with Gasteiger partial charge in [-0.2, -0.15) is 0 Å². The predicted octanol–water partition coefficient (Wildman–Crippen LogP) is 4.09.